The van der Waals surface area contributed by atoms with Gasteiger partial charge in [0.2, 0.25) is 0 Å². The number of rotatable bonds is 5. The summed E-state index contributed by atoms with van der Waals surface area (Å²) in [4.78, 5) is 4.21. The van der Waals surface area contributed by atoms with Crippen molar-refractivity contribution in [3.63, 3.8) is 0 Å². The van der Waals surface area contributed by atoms with E-state index in [0.717, 1.165) is 25.1 Å². The van der Waals surface area contributed by atoms with E-state index in [0.29, 0.717) is 0 Å². The Morgan fingerprint density at radius 3 is 2.72 bits per heavy atom. The largest absolute Gasteiger partial charge is 0.411 e. The molecule has 2 heterocycles. The molecule has 1 aromatic heterocycles. The summed E-state index contributed by atoms with van der Waals surface area (Å²) in [6, 6.07) is 3.85. The molecule has 0 atom stereocenters. The highest BCUT2D eigenvalue weighted by Gasteiger charge is 2.09. The Kier molecular flexibility index (Phi) is 4.17. The van der Waals surface area contributed by atoms with Gasteiger partial charge in [-0.05, 0) is 0 Å². The van der Waals surface area contributed by atoms with Crippen molar-refractivity contribution in [1.82, 2.24) is 9.80 Å². The molecular weight excluding hydrogens is 228 g/mol. The van der Waals surface area contributed by atoms with E-state index in [1.165, 1.54) is 6.21 Å². The topological polar surface area (TPSA) is 43.0 Å². The van der Waals surface area contributed by atoms with E-state index in [4.69, 9.17) is 5.21 Å². The van der Waals surface area contributed by atoms with Gasteiger partial charge in [-0.15, -0.1) is 0 Å². The van der Waals surface area contributed by atoms with Gasteiger partial charge in [0.05, 0.1) is 6.21 Å². The van der Waals surface area contributed by atoms with Gasteiger partial charge in [0.1, 0.15) is 13.2 Å². The maximum absolute atomic E-state index is 8.42. The van der Waals surface area contributed by atoms with Gasteiger partial charge in [0.25, 0.3) is 0 Å². The van der Waals surface area contributed by atoms with Gasteiger partial charge < -0.3 is 15.0 Å². The molecule has 2 rings (SSSR count). The minimum Gasteiger partial charge on any atom is -0.411 e. The molecule has 0 fully saturated rings. The second-order valence-electron chi connectivity index (χ2n) is 4.28. The van der Waals surface area contributed by atoms with Crippen LogP contribution in [0.1, 0.15) is 12.0 Å². The van der Waals surface area contributed by atoms with Crippen LogP contribution in [0.4, 0.5) is 0 Å². The standard InChI is InChI=1S/C13H17N4O/c1-15-9-10-17(12-15)6-2-5-16-7-3-13(4-8-16)11-14-18/h3-4,7-12H,2,5-6H2,1H3/p+1. The summed E-state index contributed by atoms with van der Waals surface area (Å²) in [7, 11) is 2.02. The first kappa shape index (κ1) is 12.4. The number of hydrogen-bond acceptors (Lipinski definition) is 4. The third-order valence-electron chi connectivity index (χ3n) is 2.78. The van der Waals surface area contributed by atoms with Gasteiger partial charge in [-0.3, -0.25) is 0 Å². The maximum atomic E-state index is 8.42. The molecule has 1 aromatic rings. The van der Waals surface area contributed by atoms with Crippen LogP contribution in [0.5, 0.6) is 0 Å². The predicted octanol–water partition coefficient (Wildman–Crippen LogP) is 1.01. The van der Waals surface area contributed by atoms with Crippen LogP contribution in [-0.2, 0) is 6.54 Å². The van der Waals surface area contributed by atoms with Crippen molar-refractivity contribution in [3.8, 4) is 0 Å². The zero-order valence-electron chi connectivity index (χ0n) is 10.5. The van der Waals surface area contributed by atoms with Crippen LogP contribution >= 0.6 is 0 Å². The van der Waals surface area contributed by atoms with Crippen LogP contribution < -0.4 is 4.57 Å². The number of aromatic nitrogens is 1. The minimum atomic E-state index is 0.895. The van der Waals surface area contributed by atoms with Crippen molar-refractivity contribution in [2.24, 2.45) is 5.16 Å². The Morgan fingerprint density at radius 1 is 1.33 bits per heavy atom. The third kappa shape index (κ3) is 3.48. The molecule has 0 amide bonds. The van der Waals surface area contributed by atoms with Crippen molar-refractivity contribution in [2.45, 2.75) is 13.0 Å². The molecule has 5 nitrogen and oxygen atoms in total. The van der Waals surface area contributed by atoms with E-state index in [1.807, 2.05) is 42.7 Å². The van der Waals surface area contributed by atoms with Gasteiger partial charge in [-0.25, -0.2) is 4.57 Å². The van der Waals surface area contributed by atoms with Crippen molar-refractivity contribution >= 4 is 6.21 Å². The van der Waals surface area contributed by atoms with Crippen molar-refractivity contribution in [2.75, 3.05) is 13.6 Å². The quantitative estimate of drug-likeness (QED) is 0.365. The molecule has 1 radical (unpaired) electrons. The summed E-state index contributed by atoms with van der Waals surface area (Å²) in [6.45, 7) is 4.05. The number of aryl methyl sites for hydroxylation is 1. The fourth-order valence-electron chi connectivity index (χ4n) is 1.84. The second kappa shape index (κ2) is 6.05. The lowest BCUT2D eigenvalue weighted by atomic mass is 10.3. The molecule has 1 N–H and O–H groups in total. The number of pyridine rings is 1. The molecule has 5 heteroatoms. The van der Waals surface area contributed by atoms with E-state index < -0.39 is 0 Å². The Bertz CT molecular complexity index is 427. The smallest absolute Gasteiger partial charge is 0.169 e. The summed E-state index contributed by atoms with van der Waals surface area (Å²) < 4.78 is 2.12. The molecule has 1 aliphatic heterocycles. The first-order chi connectivity index (χ1) is 8.78. The number of nitrogens with zero attached hydrogens (tertiary/aromatic N) is 4. The average Bonchev–Trinajstić information content (AvgIpc) is 2.78. The maximum Gasteiger partial charge on any atom is 0.169 e. The zero-order valence-corrected chi connectivity index (χ0v) is 10.5. The molecule has 0 aromatic carbocycles. The zero-order chi connectivity index (χ0) is 12.8. The third-order valence-corrected chi connectivity index (χ3v) is 2.78. The van der Waals surface area contributed by atoms with Gasteiger partial charge in [0, 0.05) is 50.1 Å². The molecule has 18 heavy (non-hydrogen) atoms. The highest BCUT2D eigenvalue weighted by molar-refractivity contribution is 5.78. The highest BCUT2D eigenvalue weighted by Crippen LogP contribution is 2.08. The van der Waals surface area contributed by atoms with Crippen LogP contribution in [0.3, 0.4) is 0 Å². The van der Waals surface area contributed by atoms with E-state index >= 15 is 0 Å². The van der Waals surface area contributed by atoms with Crippen LogP contribution in [0.15, 0.2) is 42.1 Å². The minimum absolute atomic E-state index is 0.895. The monoisotopic (exact) mass is 246 g/mol. The Morgan fingerprint density at radius 2 is 2.11 bits per heavy atom. The van der Waals surface area contributed by atoms with Crippen LogP contribution in [0.25, 0.3) is 0 Å². The average molecular weight is 246 g/mol. The van der Waals surface area contributed by atoms with E-state index in [2.05, 4.69) is 27.5 Å². The Balaban J connectivity index is 1.75. The molecule has 0 saturated heterocycles. The van der Waals surface area contributed by atoms with Crippen molar-refractivity contribution in [3.05, 3.63) is 49.2 Å². The van der Waals surface area contributed by atoms with E-state index in [9.17, 15) is 0 Å². The molecule has 95 valence electrons. The predicted molar refractivity (Wildman–Crippen MR) is 68.5 cm³/mol. The normalized spacial score (nSPS) is 14.9. The first-order valence-corrected chi connectivity index (χ1v) is 5.95. The van der Waals surface area contributed by atoms with Gasteiger partial charge >= 0.3 is 0 Å². The van der Waals surface area contributed by atoms with Gasteiger partial charge in [-0.2, -0.15) is 0 Å². The van der Waals surface area contributed by atoms with Gasteiger partial charge in [-0.1, -0.05) is 5.16 Å². The Hall–Kier alpha value is -2.04. The van der Waals surface area contributed by atoms with Crippen LogP contribution in [0.2, 0.25) is 0 Å². The summed E-state index contributed by atoms with van der Waals surface area (Å²) in [6.07, 6.45) is 10.6. The molecule has 0 unspecified atom stereocenters. The molecule has 0 spiro atoms. The first-order valence-electron chi connectivity index (χ1n) is 5.95. The van der Waals surface area contributed by atoms with Crippen molar-refractivity contribution < 1.29 is 9.77 Å². The molecule has 0 aliphatic carbocycles. The molecule has 0 saturated carbocycles. The SMILES string of the molecule is CN1[CH]N(CCC[n+]2ccc(C=NO)cc2)C=C1. The second-order valence-corrected chi connectivity index (χ2v) is 4.28. The van der Waals surface area contributed by atoms with E-state index in [-0.39, 0.29) is 0 Å². The number of oxime groups is 1. The highest BCUT2D eigenvalue weighted by atomic mass is 16.4. The van der Waals surface area contributed by atoms with Crippen LogP contribution in [-0.4, -0.2) is 34.8 Å². The van der Waals surface area contributed by atoms with Gasteiger partial charge in [0.15, 0.2) is 12.4 Å². The molecule has 0 bridgehead atoms. The lowest BCUT2D eigenvalue weighted by Crippen LogP contribution is -2.34. The van der Waals surface area contributed by atoms with Crippen molar-refractivity contribution in [1.29, 1.82) is 0 Å². The number of hydrogen-bond donors (Lipinski definition) is 1. The lowest BCUT2D eigenvalue weighted by Gasteiger charge is -2.15. The summed E-state index contributed by atoms with van der Waals surface area (Å²) in [5, 5.41) is 11.4. The lowest BCUT2D eigenvalue weighted by molar-refractivity contribution is -0.697. The fourth-order valence-corrected chi connectivity index (χ4v) is 1.84. The summed E-state index contributed by atoms with van der Waals surface area (Å²) in [5.74, 6) is 0. The van der Waals surface area contributed by atoms with E-state index in [1.54, 1.807) is 0 Å². The van der Waals surface area contributed by atoms with Crippen LogP contribution in [0, 0.1) is 6.67 Å². The molecular formula is C13H18N4O+. The summed E-state index contributed by atoms with van der Waals surface area (Å²) >= 11 is 0. The molecule has 1 aliphatic rings. The summed E-state index contributed by atoms with van der Waals surface area (Å²) in [5.41, 5.74) is 0.895. The Labute approximate surface area is 107 Å². The fraction of sp³-hybridized carbons (Fsp3) is 0.308.